The molecule has 1 aliphatic rings. The van der Waals surface area contributed by atoms with E-state index in [1.165, 1.54) is 6.07 Å². The first-order valence-corrected chi connectivity index (χ1v) is 7.28. The van der Waals surface area contributed by atoms with Crippen molar-refractivity contribution in [2.45, 2.75) is 6.04 Å². The highest BCUT2D eigenvalue weighted by molar-refractivity contribution is 6.42. The highest BCUT2D eigenvalue weighted by Crippen LogP contribution is 2.26. The third-order valence-corrected chi connectivity index (χ3v) is 3.96. The highest BCUT2D eigenvalue weighted by atomic mass is 35.5. The number of benzene rings is 1. The molecule has 5 N–H and O–H groups in total. The van der Waals surface area contributed by atoms with Gasteiger partial charge in [-0.15, -0.1) is 0 Å². The SMILES string of the molecule is NC(=O)C(C1=NC(CF)CNC1)=C(N)c1ccc(Cl)c(Cl)c1. The summed E-state index contributed by atoms with van der Waals surface area (Å²) in [5, 5.41) is 3.65. The number of halogens is 3. The fourth-order valence-corrected chi connectivity index (χ4v) is 2.45. The summed E-state index contributed by atoms with van der Waals surface area (Å²) in [5.41, 5.74) is 12.5. The maximum absolute atomic E-state index is 12.8. The van der Waals surface area contributed by atoms with Crippen molar-refractivity contribution in [1.29, 1.82) is 0 Å². The van der Waals surface area contributed by atoms with E-state index in [-0.39, 0.29) is 17.8 Å². The first kappa shape index (κ1) is 16.7. The minimum Gasteiger partial charge on any atom is -0.398 e. The van der Waals surface area contributed by atoms with Crippen LogP contribution in [0.5, 0.6) is 0 Å². The van der Waals surface area contributed by atoms with Gasteiger partial charge in [0, 0.05) is 13.1 Å². The summed E-state index contributed by atoms with van der Waals surface area (Å²) < 4.78 is 12.8. The minimum absolute atomic E-state index is 0.0593. The van der Waals surface area contributed by atoms with Crippen LogP contribution in [0, 0.1) is 0 Å². The average Bonchev–Trinajstić information content (AvgIpc) is 2.50. The van der Waals surface area contributed by atoms with Gasteiger partial charge in [-0.2, -0.15) is 0 Å². The number of aliphatic imine (C=N–C) groups is 1. The highest BCUT2D eigenvalue weighted by Gasteiger charge is 2.23. The normalized spacial score (nSPS) is 19.4. The largest absolute Gasteiger partial charge is 0.398 e. The van der Waals surface area contributed by atoms with Crippen LogP contribution >= 0.6 is 23.2 Å². The zero-order valence-electron chi connectivity index (χ0n) is 11.6. The summed E-state index contributed by atoms with van der Waals surface area (Å²) >= 11 is 11.8. The van der Waals surface area contributed by atoms with Crippen molar-refractivity contribution in [3.05, 3.63) is 39.4 Å². The lowest BCUT2D eigenvalue weighted by molar-refractivity contribution is -0.114. The van der Waals surface area contributed by atoms with Crippen molar-refractivity contribution < 1.29 is 9.18 Å². The fraction of sp³-hybridized carbons (Fsp3) is 0.286. The predicted octanol–water partition coefficient (Wildman–Crippen LogP) is 1.53. The third kappa shape index (κ3) is 3.58. The van der Waals surface area contributed by atoms with Crippen LogP contribution < -0.4 is 16.8 Å². The van der Waals surface area contributed by atoms with E-state index in [0.29, 0.717) is 27.9 Å². The van der Waals surface area contributed by atoms with Crippen molar-refractivity contribution in [1.82, 2.24) is 5.32 Å². The van der Waals surface area contributed by atoms with Gasteiger partial charge in [0.1, 0.15) is 6.67 Å². The molecule has 118 valence electrons. The second kappa shape index (κ2) is 7.09. The number of nitrogens with zero attached hydrogens (tertiary/aromatic N) is 1. The number of nitrogens with one attached hydrogen (secondary N) is 1. The molecule has 22 heavy (non-hydrogen) atoms. The molecule has 0 radical (unpaired) electrons. The van der Waals surface area contributed by atoms with Gasteiger partial charge in [-0.25, -0.2) is 4.39 Å². The van der Waals surface area contributed by atoms with E-state index < -0.39 is 18.6 Å². The van der Waals surface area contributed by atoms with E-state index in [0.717, 1.165) is 0 Å². The number of primary amides is 1. The smallest absolute Gasteiger partial charge is 0.252 e. The van der Waals surface area contributed by atoms with Gasteiger partial charge in [0.25, 0.3) is 5.91 Å². The second-order valence-electron chi connectivity index (χ2n) is 4.80. The number of nitrogens with two attached hydrogens (primary N) is 2. The van der Waals surface area contributed by atoms with Crippen LogP contribution in [0.3, 0.4) is 0 Å². The van der Waals surface area contributed by atoms with E-state index in [9.17, 15) is 9.18 Å². The molecule has 8 heteroatoms. The summed E-state index contributed by atoms with van der Waals surface area (Å²) in [4.78, 5) is 16.0. The molecule has 0 spiro atoms. The van der Waals surface area contributed by atoms with E-state index in [4.69, 9.17) is 34.7 Å². The first-order valence-electron chi connectivity index (χ1n) is 6.52. The summed E-state index contributed by atoms with van der Waals surface area (Å²) in [7, 11) is 0. The molecule has 1 unspecified atom stereocenters. The summed E-state index contributed by atoms with van der Waals surface area (Å²) in [5.74, 6) is -0.733. The summed E-state index contributed by atoms with van der Waals surface area (Å²) in [6, 6.07) is 4.16. The Labute approximate surface area is 137 Å². The Morgan fingerprint density at radius 3 is 2.68 bits per heavy atom. The van der Waals surface area contributed by atoms with Crippen LogP contribution in [0.25, 0.3) is 5.70 Å². The standard InChI is InChI=1S/C14H15Cl2FN4O/c15-9-2-1-7(3-10(9)16)13(18)12(14(19)22)11-6-20-5-8(4-17)21-11/h1-3,8,20H,4-6,18H2,(H2,19,22). The van der Waals surface area contributed by atoms with Crippen LogP contribution in [-0.2, 0) is 4.79 Å². The Morgan fingerprint density at radius 1 is 1.36 bits per heavy atom. The number of rotatable bonds is 4. The summed E-state index contributed by atoms with van der Waals surface area (Å²) in [6.45, 7) is 0.0603. The lowest BCUT2D eigenvalue weighted by Crippen LogP contribution is -2.41. The molecule has 2 rings (SSSR count). The molecule has 0 bridgehead atoms. The summed E-state index contributed by atoms with van der Waals surface area (Å²) in [6.07, 6.45) is 0. The van der Waals surface area contributed by atoms with Crippen molar-refractivity contribution in [2.75, 3.05) is 19.8 Å². The molecular formula is C14H15Cl2FN4O. The van der Waals surface area contributed by atoms with Gasteiger partial charge < -0.3 is 16.8 Å². The molecule has 0 fully saturated rings. The number of carbonyl (C=O) groups is 1. The van der Waals surface area contributed by atoms with E-state index in [1.807, 2.05) is 0 Å². The topological polar surface area (TPSA) is 93.5 Å². The monoisotopic (exact) mass is 344 g/mol. The van der Waals surface area contributed by atoms with Gasteiger partial charge in [-0.05, 0) is 17.7 Å². The Balaban J connectivity index is 2.51. The van der Waals surface area contributed by atoms with E-state index >= 15 is 0 Å². The third-order valence-electron chi connectivity index (χ3n) is 3.22. The molecule has 1 aliphatic heterocycles. The van der Waals surface area contributed by atoms with Crippen LogP contribution in [-0.4, -0.2) is 37.4 Å². The fourth-order valence-electron chi connectivity index (χ4n) is 2.15. The Bertz CT molecular complexity index is 660. The average molecular weight is 345 g/mol. The zero-order chi connectivity index (χ0) is 16.3. The Morgan fingerprint density at radius 2 is 2.09 bits per heavy atom. The maximum atomic E-state index is 12.8. The van der Waals surface area contributed by atoms with E-state index in [1.54, 1.807) is 12.1 Å². The molecule has 0 aliphatic carbocycles. The molecule has 5 nitrogen and oxygen atoms in total. The molecule has 1 atom stereocenters. The molecule has 0 saturated carbocycles. The molecule has 0 aromatic heterocycles. The van der Waals surface area contributed by atoms with Gasteiger partial charge in [-0.1, -0.05) is 29.3 Å². The number of hydrogen-bond donors (Lipinski definition) is 3. The quantitative estimate of drug-likeness (QED) is 0.723. The minimum atomic E-state index is -0.733. The van der Waals surface area contributed by atoms with E-state index in [2.05, 4.69) is 10.3 Å². The first-order chi connectivity index (χ1) is 10.4. The number of amides is 1. The van der Waals surface area contributed by atoms with Crippen LogP contribution in [0.1, 0.15) is 5.56 Å². The van der Waals surface area contributed by atoms with Gasteiger partial charge in [-0.3, -0.25) is 9.79 Å². The van der Waals surface area contributed by atoms with Gasteiger partial charge in [0.15, 0.2) is 0 Å². The van der Waals surface area contributed by atoms with Gasteiger partial charge in [0.2, 0.25) is 0 Å². The van der Waals surface area contributed by atoms with Gasteiger partial charge in [0.05, 0.1) is 33.1 Å². The lowest BCUT2D eigenvalue weighted by Gasteiger charge is -2.21. The molecule has 1 heterocycles. The molecule has 1 aromatic carbocycles. The van der Waals surface area contributed by atoms with Crippen molar-refractivity contribution in [3.8, 4) is 0 Å². The van der Waals surface area contributed by atoms with Crippen molar-refractivity contribution in [3.63, 3.8) is 0 Å². The molecule has 1 aromatic rings. The number of carbonyl (C=O) groups excluding carboxylic acids is 1. The molecule has 1 amide bonds. The second-order valence-corrected chi connectivity index (χ2v) is 5.61. The van der Waals surface area contributed by atoms with Gasteiger partial charge >= 0.3 is 0 Å². The maximum Gasteiger partial charge on any atom is 0.252 e. The molecule has 0 saturated heterocycles. The lowest BCUT2D eigenvalue weighted by atomic mass is 10.0. The van der Waals surface area contributed by atoms with Crippen molar-refractivity contribution >= 4 is 40.5 Å². The van der Waals surface area contributed by atoms with Crippen LogP contribution in [0.15, 0.2) is 28.8 Å². The Hall–Kier alpha value is -1.63. The number of alkyl halides is 1. The van der Waals surface area contributed by atoms with Crippen LogP contribution in [0.2, 0.25) is 10.0 Å². The molecular weight excluding hydrogens is 330 g/mol. The predicted molar refractivity (Wildman–Crippen MR) is 86.8 cm³/mol. The number of hydrogen-bond acceptors (Lipinski definition) is 4. The van der Waals surface area contributed by atoms with Crippen molar-refractivity contribution in [2.24, 2.45) is 16.5 Å². The Kier molecular flexibility index (Phi) is 5.39. The zero-order valence-corrected chi connectivity index (χ0v) is 13.1. The van der Waals surface area contributed by atoms with Crippen LogP contribution in [0.4, 0.5) is 4.39 Å².